The zero-order valence-electron chi connectivity index (χ0n) is 10.1. The Morgan fingerprint density at radius 3 is 2.72 bits per heavy atom. The van der Waals surface area contributed by atoms with Crippen molar-refractivity contribution >= 4 is 29.1 Å². The third-order valence-electron chi connectivity index (χ3n) is 2.39. The van der Waals surface area contributed by atoms with Crippen LogP contribution in [0.4, 0.5) is 0 Å². The number of hydrogen-bond donors (Lipinski definition) is 1. The SMILES string of the molecule is CCCCN(CCO)C(=O)c1cc(Cl)nnc1Cl. The van der Waals surface area contributed by atoms with Gasteiger partial charge in [0.2, 0.25) is 0 Å². The van der Waals surface area contributed by atoms with Crippen molar-refractivity contribution in [3.05, 3.63) is 21.9 Å². The van der Waals surface area contributed by atoms with Crippen molar-refractivity contribution in [1.29, 1.82) is 0 Å². The molecule has 7 heteroatoms. The molecule has 0 fully saturated rings. The quantitative estimate of drug-likeness (QED) is 0.871. The molecule has 5 nitrogen and oxygen atoms in total. The van der Waals surface area contributed by atoms with E-state index in [4.69, 9.17) is 28.3 Å². The molecule has 0 unspecified atom stereocenters. The van der Waals surface area contributed by atoms with E-state index in [1.807, 2.05) is 6.92 Å². The van der Waals surface area contributed by atoms with Crippen LogP contribution in [0, 0.1) is 0 Å². The Labute approximate surface area is 116 Å². The van der Waals surface area contributed by atoms with Gasteiger partial charge in [-0.1, -0.05) is 36.5 Å². The van der Waals surface area contributed by atoms with Gasteiger partial charge in [0.1, 0.15) is 0 Å². The van der Waals surface area contributed by atoms with E-state index < -0.39 is 0 Å². The van der Waals surface area contributed by atoms with E-state index in [0.29, 0.717) is 6.54 Å². The van der Waals surface area contributed by atoms with Crippen LogP contribution in [-0.4, -0.2) is 45.8 Å². The Kier molecular flexibility index (Phi) is 6.32. The fourth-order valence-electron chi connectivity index (χ4n) is 1.46. The van der Waals surface area contributed by atoms with Crippen molar-refractivity contribution in [3.63, 3.8) is 0 Å². The summed E-state index contributed by atoms with van der Waals surface area (Å²) in [5.41, 5.74) is 0.209. The lowest BCUT2D eigenvalue weighted by molar-refractivity contribution is 0.0719. The summed E-state index contributed by atoms with van der Waals surface area (Å²) in [4.78, 5) is 13.7. The molecule has 0 spiro atoms. The summed E-state index contributed by atoms with van der Waals surface area (Å²) in [6.45, 7) is 2.75. The number of halogens is 2. The average molecular weight is 292 g/mol. The van der Waals surface area contributed by atoms with E-state index in [9.17, 15) is 4.79 Å². The second kappa shape index (κ2) is 7.51. The van der Waals surface area contributed by atoms with Crippen LogP contribution < -0.4 is 0 Å². The minimum Gasteiger partial charge on any atom is -0.395 e. The van der Waals surface area contributed by atoms with E-state index >= 15 is 0 Å². The highest BCUT2D eigenvalue weighted by atomic mass is 35.5. The van der Waals surface area contributed by atoms with Crippen LogP contribution in [0.25, 0.3) is 0 Å². The van der Waals surface area contributed by atoms with Crippen LogP contribution >= 0.6 is 23.2 Å². The number of aliphatic hydroxyl groups excluding tert-OH is 1. The van der Waals surface area contributed by atoms with Crippen LogP contribution in [0.2, 0.25) is 10.3 Å². The molecule has 18 heavy (non-hydrogen) atoms. The number of aliphatic hydroxyl groups is 1. The summed E-state index contributed by atoms with van der Waals surface area (Å²) in [5.74, 6) is -0.292. The Morgan fingerprint density at radius 1 is 1.39 bits per heavy atom. The molecule has 0 bridgehead atoms. The molecule has 100 valence electrons. The number of amides is 1. The topological polar surface area (TPSA) is 66.3 Å². The summed E-state index contributed by atoms with van der Waals surface area (Å²) < 4.78 is 0. The van der Waals surface area contributed by atoms with Gasteiger partial charge in [0.25, 0.3) is 5.91 Å². The summed E-state index contributed by atoms with van der Waals surface area (Å²) in [6.07, 6.45) is 1.81. The van der Waals surface area contributed by atoms with Crippen LogP contribution in [0.3, 0.4) is 0 Å². The second-order valence-electron chi connectivity index (χ2n) is 3.74. The van der Waals surface area contributed by atoms with Crippen molar-refractivity contribution < 1.29 is 9.90 Å². The zero-order valence-corrected chi connectivity index (χ0v) is 11.6. The first-order valence-electron chi connectivity index (χ1n) is 5.69. The van der Waals surface area contributed by atoms with E-state index in [2.05, 4.69) is 10.2 Å². The number of rotatable bonds is 6. The summed E-state index contributed by atoms with van der Waals surface area (Å²) >= 11 is 11.5. The molecule has 1 amide bonds. The maximum atomic E-state index is 12.2. The van der Waals surface area contributed by atoms with Crippen molar-refractivity contribution in [3.8, 4) is 0 Å². The van der Waals surface area contributed by atoms with Gasteiger partial charge in [-0.25, -0.2) is 0 Å². The van der Waals surface area contributed by atoms with Gasteiger partial charge in [0.15, 0.2) is 10.3 Å². The van der Waals surface area contributed by atoms with Crippen molar-refractivity contribution in [2.75, 3.05) is 19.7 Å². The predicted octanol–water partition coefficient (Wildman–Crippen LogP) is 2.02. The maximum Gasteiger partial charge on any atom is 0.257 e. The average Bonchev–Trinajstić information content (AvgIpc) is 2.36. The number of hydrogen-bond acceptors (Lipinski definition) is 4. The Hall–Kier alpha value is -0.910. The molecule has 0 aliphatic carbocycles. The molecule has 0 aromatic carbocycles. The van der Waals surface area contributed by atoms with E-state index in [1.165, 1.54) is 11.0 Å². The zero-order chi connectivity index (χ0) is 13.5. The first-order valence-corrected chi connectivity index (χ1v) is 6.44. The lowest BCUT2D eigenvalue weighted by Gasteiger charge is -2.21. The highest BCUT2D eigenvalue weighted by Gasteiger charge is 2.19. The third-order valence-corrected chi connectivity index (χ3v) is 2.85. The number of nitrogens with zero attached hydrogens (tertiary/aromatic N) is 3. The molecular formula is C11H15Cl2N3O2. The van der Waals surface area contributed by atoms with Crippen molar-refractivity contribution in [1.82, 2.24) is 15.1 Å². The molecule has 0 aliphatic rings. The van der Waals surface area contributed by atoms with Gasteiger partial charge < -0.3 is 10.0 Å². The number of carbonyl (C=O) groups excluding carboxylic acids is 1. The van der Waals surface area contributed by atoms with Gasteiger partial charge >= 0.3 is 0 Å². The second-order valence-corrected chi connectivity index (χ2v) is 4.49. The summed E-state index contributed by atoms with van der Waals surface area (Å²) in [6, 6.07) is 1.38. The van der Waals surface area contributed by atoms with Gasteiger partial charge in [-0.2, -0.15) is 0 Å². The molecule has 1 heterocycles. The molecule has 0 radical (unpaired) electrons. The molecule has 1 N–H and O–H groups in total. The van der Waals surface area contributed by atoms with Crippen molar-refractivity contribution in [2.45, 2.75) is 19.8 Å². The van der Waals surface area contributed by atoms with Crippen LogP contribution in [0.15, 0.2) is 6.07 Å². The molecule has 1 aromatic heterocycles. The Bertz CT molecular complexity index is 415. The van der Waals surface area contributed by atoms with Gasteiger partial charge in [0.05, 0.1) is 12.2 Å². The largest absolute Gasteiger partial charge is 0.395 e. The predicted molar refractivity (Wildman–Crippen MR) is 69.9 cm³/mol. The highest BCUT2D eigenvalue weighted by molar-refractivity contribution is 6.34. The smallest absolute Gasteiger partial charge is 0.257 e. The fourth-order valence-corrected chi connectivity index (χ4v) is 1.78. The summed E-state index contributed by atoms with van der Waals surface area (Å²) in [7, 11) is 0. The molecule has 0 aliphatic heterocycles. The fraction of sp³-hybridized carbons (Fsp3) is 0.545. The van der Waals surface area contributed by atoms with Crippen LogP contribution in [-0.2, 0) is 0 Å². The maximum absolute atomic E-state index is 12.2. The van der Waals surface area contributed by atoms with Gasteiger partial charge in [-0.3, -0.25) is 4.79 Å². The van der Waals surface area contributed by atoms with Crippen molar-refractivity contribution in [2.24, 2.45) is 0 Å². The van der Waals surface area contributed by atoms with E-state index in [-0.39, 0.29) is 34.9 Å². The molecule has 0 saturated carbocycles. The number of aromatic nitrogens is 2. The first kappa shape index (κ1) is 15.1. The van der Waals surface area contributed by atoms with Gasteiger partial charge in [-0.15, -0.1) is 10.2 Å². The van der Waals surface area contributed by atoms with Crippen LogP contribution in [0.5, 0.6) is 0 Å². The van der Waals surface area contributed by atoms with Gasteiger partial charge in [-0.05, 0) is 12.5 Å². The minimum atomic E-state index is -0.292. The highest BCUT2D eigenvalue weighted by Crippen LogP contribution is 2.17. The molecular weight excluding hydrogens is 277 g/mol. The lowest BCUT2D eigenvalue weighted by Crippen LogP contribution is -2.34. The first-order chi connectivity index (χ1) is 8.60. The van der Waals surface area contributed by atoms with Crippen LogP contribution in [0.1, 0.15) is 30.1 Å². The normalized spacial score (nSPS) is 10.4. The molecule has 0 saturated heterocycles. The third kappa shape index (κ3) is 4.08. The monoisotopic (exact) mass is 291 g/mol. The molecule has 1 aromatic rings. The summed E-state index contributed by atoms with van der Waals surface area (Å²) in [5, 5.41) is 16.3. The standard InChI is InChI=1S/C11H15Cl2N3O2/c1-2-3-4-16(5-6-17)11(18)8-7-9(12)14-15-10(8)13/h7,17H,2-6H2,1H3. The molecule has 1 rings (SSSR count). The lowest BCUT2D eigenvalue weighted by atomic mass is 10.2. The number of carbonyl (C=O) groups is 1. The minimum absolute atomic E-state index is 0.0174. The van der Waals surface area contributed by atoms with Gasteiger partial charge in [0, 0.05) is 13.1 Å². The Balaban J connectivity index is 2.90. The Morgan fingerprint density at radius 2 is 2.11 bits per heavy atom. The van der Waals surface area contributed by atoms with E-state index in [1.54, 1.807) is 0 Å². The molecule has 0 atom stereocenters. The number of unbranched alkanes of at least 4 members (excludes halogenated alkanes) is 1. The van der Waals surface area contributed by atoms with E-state index in [0.717, 1.165) is 12.8 Å².